The third-order valence-electron chi connectivity index (χ3n) is 6.29. The topological polar surface area (TPSA) is 85.3 Å². The largest absolute Gasteiger partial charge is 0.507 e. The van der Waals surface area contributed by atoms with E-state index < -0.39 is 17.7 Å². The number of methoxy groups -OCH3 is 1. The number of benzene rings is 2. The lowest BCUT2D eigenvalue weighted by Gasteiger charge is -2.27. The molecule has 2 saturated heterocycles. The van der Waals surface area contributed by atoms with E-state index in [2.05, 4.69) is 6.92 Å². The van der Waals surface area contributed by atoms with Gasteiger partial charge >= 0.3 is 0 Å². The van der Waals surface area contributed by atoms with Crippen LogP contribution in [0.2, 0.25) is 0 Å². The summed E-state index contributed by atoms with van der Waals surface area (Å²) in [6.45, 7) is 3.68. The van der Waals surface area contributed by atoms with Gasteiger partial charge in [-0.3, -0.25) is 9.59 Å². The molecule has 2 aromatic rings. The summed E-state index contributed by atoms with van der Waals surface area (Å²) in [7, 11) is 1.56. The Labute approximate surface area is 199 Å². The molecule has 2 aliphatic heterocycles. The number of unbranched alkanes of at least 4 members (excludes halogenated alkanes) is 1. The maximum atomic E-state index is 13.2. The Morgan fingerprint density at radius 2 is 1.79 bits per heavy atom. The average molecular weight is 466 g/mol. The molecule has 2 heterocycles. The van der Waals surface area contributed by atoms with Crippen LogP contribution in [0.5, 0.6) is 11.5 Å². The normalized spacial score (nSPS) is 21.8. The fourth-order valence-electron chi connectivity index (χ4n) is 4.41. The van der Waals surface area contributed by atoms with Gasteiger partial charge in [-0.25, -0.2) is 0 Å². The van der Waals surface area contributed by atoms with Gasteiger partial charge in [0, 0.05) is 18.7 Å². The number of aliphatic hydroxyl groups is 1. The lowest BCUT2D eigenvalue weighted by Crippen LogP contribution is -2.36. The molecule has 2 fully saturated rings. The van der Waals surface area contributed by atoms with Gasteiger partial charge < -0.3 is 24.2 Å². The van der Waals surface area contributed by atoms with Gasteiger partial charge in [0.25, 0.3) is 11.7 Å². The first kappa shape index (κ1) is 23.8. The quantitative estimate of drug-likeness (QED) is 0.254. The van der Waals surface area contributed by atoms with Gasteiger partial charge in [-0.05, 0) is 61.2 Å². The molecule has 7 nitrogen and oxygen atoms in total. The summed E-state index contributed by atoms with van der Waals surface area (Å²) in [5, 5.41) is 11.2. The molecule has 0 spiro atoms. The Balaban J connectivity index is 1.72. The van der Waals surface area contributed by atoms with Crippen LogP contribution in [0.25, 0.3) is 5.76 Å². The predicted octanol–water partition coefficient (Wildman–Crippen LogP) is 4.47. The first-order chi connectivity index (χ1) is 16.5. The van der Waals surface area contributed by atoms with E-state index in [9.17, 15) is 14.7 Å². The zero-order valence-electron chi connectivity index (χ0n) is 19.7. The Morgan fingerprint density at radius 3 is 2.41 bits per heavy atom. The van der Waals surface area contributed by atoms with Gasteiger partial charge in [-0.15, -0.1) is 0 Å². The van der Waals surface area contributed by atoms with Crippen molar-refractivity contribution in [3.8, 4) is 11.5 Å². The van der Waals surface area contributed by atoms with Crippen molar-refractivity contribution in [1.29, 1.82) is 0 Å². The molecule has 34 heavy (non-hydrogen) atoms. The molecule has 2 aliphatic rings. The number of carbonyl (C=O) groups is 2. The number of likely N-dealkylation sites (tertiary alicyclic amines) is 1. The number of hydrogen-bond donors (Lipinski definition) is 1. The molecule has 1 amide bonds. The molecule has 1 N–H and O–H groups in total. The Hall–Kier alpha value is -3.32. The SMILES string of the molecule is CCCCOc1ccc(C2C(=C(O)c3ccc(OC)cc3)C(=O)C(=O)N2CC2CCCO2)cc1. The van der Waals surface area contributed by atoms with Crippen LogP contribution in [0.3, 0.4) is 0 Å². The van der Waals surface area contributed by atoms with E-state index in [1.807, 2.05) is 24.3 Å². The lowest BCUT2D eigenvalue weighted by molar-refractivity contribution is -0.140. The monoisotopic (exact) mass is 465 g/mol. The number of ether oxygens (including phenoxy) is 3. The second-order valence-corrected chi connectivity index (χ2v) is 8.59. The molecule has 2 aromatic carbocycles. The number of carbonyl (C=O) groups excluding carboxylic acids is 2. The summed E-state index contributed by atoms with van der Waals surface area (Å²) < 4.78 is 16.7. The standard InChI is InChI=1S/C27H31NO6/c1-3-4-15-33-21-13-7-18(8-14-21)24-23(25(29)19-9-11-20(32-2)12-10-19)26(30)27(31)28(24)17-22-6-5-16-34-22/h7-14,22,24,29H,3-6,15-17H2,1-2H3. The van der Waals surface area contributed by atoms with E-state index in [-0.39, 0.29) is 17.4 Å². The molecule has 0 bridgehead atoms. The fourth-order valence-corrected chi connectivity index (χ4v) is 4.41. The summed E-state index contributed by atoms with van der Waals surface area (Å²) in [5.41, 5.74) is 1.25. The number of Topliss-reactive ketones (excluding diaryl/α,β-unsaturated/α-hetero) is 1. The van der Waals surface area contributed by atoms with Crippen LogP contribution in [-0.2, 0) is 14.3 Å². The van der Waals surface area contributed by atoms with E-state index >= 15 is 0 Å². The highest BCUT2D eigenvalue weighted by Crippen LogP contribution is 2.40. The summed E-state index contributed by atoms with van der Waals surface area (Å²) >= 11 is 0. The summed E-state index contributed by atoms with van der Waals surface area (Å²) in [5.74, 6) is -0.170. The van der Waals surface area contributed by atoms with Crippen LogP contribution in [0, 0.1) is 0 Å². The number of hydrogen-bond acceptors (Lipinski definition) is 6. The summed E-state index contributed by atoms with van der Waals surface area (Å²) in [6, 6.07) is 13.4. The van der Waals surface area contributed by atoms with Crippen LogP contribution < -0.4 is 9.47 Å². The van der Waals surface area contributed by atoms with Gasteiger partial charge in [0.1, 0.15) is 17.3 Å². The van der Waals surface area contributed by atoms with E-state index in [0.29, 0.717) is 31.1 Å². The second kappa shape index (κ2) is 10.7. The van der Waals surface area contributed by atoms with Gasteiger partial charge in [-0.2, -0.15) is 0 Å². The number of nitrogens with zero attached hydrogens (tertiary/aromatic N) is 1. The minimum atomic E-state index is -0.712. The minimum Gasteiger partial charge on any atom is -0.507 e. The van der Waals surface area contributed by atoms with Crippen LogP contribution >= 0.6 is 0 Å². The zero-order valence-corrected chi connectivity index (χ0v) is 19.7. The first-order valence-corrected chi connectivity index (χ1v) is 11.8. The van der Waals surface area contributed by atoms with E-state index in [1.54, 1.807) is 31.4 Å². The number of amides is 1. The van der Waals surface area contributed by atoms with Gasteiger partial charge in [-0.1, -0.05) is 25.5 Å². The third-order valence-corrected chi connectivity index (χ3v) is 6.29. The third kappa shape index (κ3) is 4.94. The number of aliphatic hydroxyl groups excluding tert-OH is 1. The fraction of sp³-hybridized carbons (Fsp3) is 0.407. The first-order valence-electron chi connectivity index (χ1n) is 11.8. The molecule has 0 radical (unpaired) electrons. The van der Waals surface area contributed by atoms with E-state index in [0.717, 1.165) is 37.0 Å². The summed E-state index contributed by atoms with van der Waals surface area (Å²) in [4.78, 5) is 27.8. The van der Waals surface area contributed by atoms with Crippen molar-refractivity contribution >= 4 is 17.4 Å². The molecule has 2 unspecified atom stereocenters. The minimum absolute atomic E-state index is 0.0767. The molecule has 7 heteroatoms. The van der Waals surface area contributed by atoms with Crippen LogP contribution in [0.15, 0.2) is 54.1 Å². The van der Waals surface area contributed by atoms with Crippen molar-refractivity contribution in [3.63, 3.8) is 0 Å². The van der Waals surface area contributed by atoms with Crippen molar-refractivity contribution in [2.75, 3.05) is 26.9 Å². The van der Waals surface area contributed by atoms with Crippen molar-refractivity contribution in [2.45, 2.75) is 44.8 Å². The Kier molecular flexibility index (Phi) is 7.53. The predicted molar refractivity (Wildman–Crippen MR) is 128 cm³/mol. The Bertz CT molecular complexity index is 1040. The van der Waals surface area contributed by atoms with Crippen LogP contribution in [0.4, 0.5) is 0 Å². The number of ketones is 1. The molecule has 0 aliphatic carbocycles. The van der Waals surface area contributed by atoms with Crippen molar-refractivity contribution in [3.05, 3.63) is 65.2 Å². The molecule has 4 rings (SSSR count). The zero-order chi connectivity index (χ0) is 24.1. The lowest BCUT2D eigenvalue weighted by atomic mass is 9.95. The van der Waals surface area contributed by atoms with Crippen molar-refractivity contribution < 1.29 is 28.9 Å². The number of rotatable bonds is 9. The highest BCUT2D eigenvalue weighted by Gasteiger charge is 2.47. The van der Waals surface area contributed by atoms with Gasteiger partial charge in [0.2, 0.25) is 0 Å². The van der Waals surface area contributed by atoms with E-state index in [4.69, 9.17) is 14.2 Å². The maximum Gasteiger partial charge on any atom is 0.295 e. The molecule has 2 atom stereocenters. The summed E-state index contributed by atoms with van der Waals surface area (Å²) in [6.07, 6.45) is 3.64. The highest BCUT2D eigenvalue weighted by atomic mass is 16.5. The Morgan fingerprint density at radius 1 is 1.09 bits per heavy atom. The van der Waals surface area contributed by atoms with Gasteiger partial charge in [0.15, 0.2) is 0 Å². The smallest absolute Gasteiger partial charge is 0.295 e. The highest BCUT2D eigenvalue weighted by molar-refractivity contribution is 6.46. The van der Waals surface area contributed by atoms with Crippen LogP contribution in [-0.4, -0.2) is 54.7 Å². The van der Waals surface area contributed by atoms with Crippen LogP contribution in [0.1, 0.15) is 49.8 Å². The second-order valence-electron chi connectivity index (χ2n) is 8.59. The van der Waals surface area contributed by atoms with E-state index in [1.165, 1.54) is 4.90 Å². The average Bonchev–Trinajstić information content (AvgIpc) is 3.47. The molecule has 0 saturated carbocycles. The van der Waals surface area contributed by atoms with Crippen molar-refractivity contribution in [1.82, 2.24) is 4.90 Å². The maximum absolute atomic E-state index is 13.2. The van der Waals surface area contributed by atoms with Gasteiger partial charge in [0.05, 0.1) is 31.4 Å². The molecular weight excluding hydrogens is 434 g/mol. The molecular formula is C27H31NO6. The molecule has 180 valence electrons. The molecule has 0 aromatic heterocycles. The van der Waals surface area contributed by atoms with Crippen molar-refractivity contribution in [2.24, 2.45) is 0 Å².